The van der Waals surface area contributed by atoms with Crippen molar-refractivity contribution in [3.8, 4) is 17.1 Å². The van der Waals surface area contributed by atoms with Crippen molar-refractivity contribution >= 4 is 34.1 Å². The number of aromatic amines is 1. The molecule has 0 spiro atoms. The Labute approximate surface area is 168 Å². The fourth-order valence-corrected chi connectivity index (χ4v) is 3.38. The van der Waals surface area contributed by atoms with Crippen molar-refractivity contribution in [1.82, 2.24) is 19.7 Å². The third kappa shape index (κ3) is 3.57. The standard InChI is InChI=1S/C19H24N6O2S/c1-5-9-27-14-8-7-12(25(6-2)19(20)28)10-13(14)16-21-17-15(18(26)22-16)11(3)23-24(17)4/h7-8,10H,5-6,9H2,1-4H3,(H2,20,28)(H,21,22,26). The molecule has 3 N–H and O–H groups in total. The Bertz CT molecular complexity index is 1090. The molecule has 9 heteroatoms. The number of fused-ring (bicyclic) bond motifs is 1. The van der Waals surface area contributed by atoms with Gasteiger partial charge in [0, 0.05) is 19.3 Å². The predicted molar refractivity (Wildman–Crippen MR) is 115 cm³/mol. The van der Waals surface area contributed by atoms with E-state index >= 15 is 0 Å². The number of benzene rings is 1. The number of H-pyrrole nitrogens is 1. The second kappa shape index (κ2) is 7.97. The monoisotopic (exact) mass is 400 g/mol. The summed E-state index contributed by atoms with van der Waals surface area (Å²) >= 11 is 5.15. The molecule has 0 radical (unpaired) electrons. The van der Waals surface area contributed by atoms with Crippen molar-refractivity contribution in [2.75, 3.05) is 18.1 Å². The molecule has 8 nitrogen and oxygen atoms in total. The molecule has 0 atom stereocenters. The lowest BCUT2D eigenvalue weighted by Gasteiger charge is -2.22. The number of aryl methyl sites for hydroxylation is 2. The van der Waals surface area contributed by atoms with Crippen molar-refractivity contribution in [2.45, 2.75) is 27.2 Å². The predicted octanol–water partition coefficient (Wildman–Crippen LogP) is 2.49. The normalized spacial score (nSPS) is 11.0. The maximum atomic E-state index is 12.7. The summed E-state index contributed by atoms with van der Waals surface area (Å²) in [6.45, 7) is 6.95. The van der Waals surface area contributed by atoms with Crippen molar-refractivity contribution < 1.29 is 4.74 Å². The van der Waals surface area contributed by atoms with Crippen molar-refractivity contribution in [3.05, 3.63) is 34.2 Å². The zero-order valence-corrected chi connectivity index (χ0v) is 17.3. The summed E-state index contributed by atoms with van der Waals surface area (Å²) < 4.78 is 7.49. The number of aromatic nitrogens is 4. The number of nitrogens with one attached hydrogen (secondary N) is 1. The minimum atomic E-state index is -0.237. The summed E-state index contributed by atoms with van der Waals surface area (Å²) in [6.07, 6.45) is 0.860. The van der Waals surface area contributed by atoms with E-state index in [0.717, 1.165) is 12.1 Å². The third-order valence-electron chi connectivity index (χ3n) is 4.44. The molecule has 3 rings (SSSR count). The van der Waals surface area contributed by atoms with E-state index in [1.165, 1.54) is 0 Å². The Kier molecular flexibility index (Phi) is 5.64. The lowest BCUT2D eigenvalue weighted by atomic mass is 10.1. The largest absolute Gasteiger partial charge is 0.493 e. The molecule has 0 amide bonds. The second-order valence-electron chi connectivity index (χ2n) is 6.43. The van der Waals surface area contributed by atoms with Gasteiger partial charge in [0.1, 0.15) is 17.0 Å². The van der Waals surface area contributed by atoms with Crippen LogP contribution in [0.15, 0.2) is 23.0 Å². The molecule has 0 aliphatic rings. The van der Waals surface area contributed by atoms with Gasteiger partial charge in [-0.2, -0.15) is 5.10 Å². The molecule has 0 saturated heterocycles. The van der Waals surface area contributed by atoms with E-state index < -0.39 is 0 Å². The Morgan fingerprint density at radius 2 is 2.14 bits per heavy atom. The summed E-state index contributed by atoms with van der Waals surface area (Å²) in [6, 6.07) is 5.61. The minimum absolute atomic E-state index is 0.237. The van der Waals surface area contributed by atoms with Gasteiger partial charge >= 0.3 is 0 Å². The third-order valence-corrected chi connectivity index (χ3v) is 4.66. The van der Waals surface area contributed by atoms with Gasteiger partial charge in [0.15, 0.2) is 10.8 Å². The van der Waals surface area contributed by atoms with Crippen LogP contribution in [0.2, 0.25) is 0 Å². The van der Waals surface area contributed by atoms with Crippen LogP contribution in [-0.2, 0) is 7.05 Å². The molecule has 0 fully saturated rings. The summed E-state index contributed by atoms with van der Waals surface area (Å²) in [4.78, 5) is 22.0. The fraction of sp³-hybridized carbons (Fsp3) is 0.368. The molecule has 28 heavy (non-hydrogen) atoms. The van der Waals surface area contributed by atoms with Crippen molar-refractivity contribution in [2.24, 2.45) is 12.8 Å². The lowest BCUT2D eigenvalue weighted by molar-refractivity contribution is 0.318. The van der Waals surface area contributed by atoms with E-state index in [4.69, 9.17) is 22.7 Å². The summed E-state index contributed by atoms with van der Waals surface area (Å²) in [5.41, 5.74) is 8.24. The fourth-order valence-electron chi connectivity index (χ4n) is 3.15. The van der Waals surface area contributed by atoms with Crippen LogP contribution in [-0.4, -0.2) is 38.0 Å². The van der Waals surface area contributed by atoms with Gasteiger partial charge in [-0.15, -0.1) is 0 Å². The van der Waals surface area contributed by atoms with Gasteiger partial charge < -0.3 is 20.4 Å². The van der Waals surface area contributed by atoms with Crippen LogP contribution in [0.3, 0.4) is 0 Å². The summed E-state index contributed by atoms with van der Waals surface area (Å²) in [7, 11) is 1.77. The van der Waals surface area contributed by atoms with Gasteiger partial charge in [-0.3, -0.25) is 4.79 Å². The first-order chi connectivity index (χ1) is 13.4. The Hall–Kier alpha value is -2.94. The van der Waals surface area contributed by atoms with E-state index in [1.54, 1.807) is 23.6 Å². The number of rotatable bonds is 6. The topological polar surface area (TPSA) is 102 Å². The highest BCUT2D eigenvalue weighted by atomic mass is 32.1. The number of hydrogen-bond donors (Lipinski definition) is 2. The molecule has 2 aromatic heterocycles. The number of anilines is 1. The van der Waals surface area contributed by atoms with E-state index in [2.05, 4.69) is 15.1 Å². The Morgan fingerprint density at radius 1 is 1.39 bits per heavy atom. The summed E-state index contributed by atoms with van der Waals surface area (Å²) in [5.74, 6) is 1.04. The highest BCUT2D eigenvalue weighted by molar-refractivity contribution is 7.80. The molecule has 0 aliphatic heterocycles. The number of nitrogens with zero attached hydrogens (tertiary/aromatic N) is 4. The average molecular weight is 401 g/mol. The van der Waals surface area contributed by atoms with E-state index in [0.29, 0.717) is 47.0 Å². The molecule has 3 aromatic rings. The highest BCUT2D eigenvalue weighted by Gasteiger charge is 2.18. The van der Waals surface area contributed by atoms with Crippen LogP contribution < -0.4 is 20.9 Å². The van der Waals surface area contributed by atoms with Gasteiger partial charge in [-0.1, -0.05) is 6.92 Å². The number of nitrogens with two attached hydrogens (primary N) is 1. The van der Waals surface area contributed by atoms with Gasteiger partial charge in [0.2, 0.25) is 0 Å². The zero-order valence-electron chi connectivity index (χ0n) is 16.4. The van der Waals surface area contributed by atoms with E-state index in [9.17, 15) is 4.79 Å². The second-order valence-corrected chi connectivity index (χ2v) is 6.85. The molecule has 0 aliphatic carbocycles. The molecular weight excluding hydrogens is 376 g/mol. The van der Waals surface area contributed by atoms with Gasteiger partial charge in [-0.25, -0.2) is 9.67 Å². The first-order valence-corrected chi connectivity index (χ1v) is 9.56. The maximum Gasteiger partial charge on any atom is 0.262 e. The van der Waals surface area contributed by atoms with Crippen LogP contribution in [0, 0.1) is 6.92 Å². The van der Waals surface area contributed by atoms with Crippen LogP contribution in [0.1, 0.15) is 26.0 Å². The smallest absolute Gasteiger partial charge is 0.262 e. The van der Waals surface area contributed by atoms with Crippen LogP contribution in [0.25, 0.3) is 22.4 Å². The number of hydrogen-bond acceptors (Lipinski definition) is 5. The van der Waals surface area contributed by atoms with Crippen molar-refractivity contribution in [3.63, 3.8) is 0 Å². The molecule has 0 saturated carbocycles. The maximum absolute atomic E-state index is 12.7. The van der Waals surface area contributed by atoms with Gasteiger partial charge in [0.25, 0.3) is 5.56 Å². The molecule has 0 bridgehead atoms. The van der Waals surface area contributed by atoms with Crippen LogP contribution in [0.4, 0.5) is 5.69 Å². The first kappa shape index (κ1) is 19.8. The van der Waals surface area contributed by atoms with Crippen LogP contribution >= 0.6 is 12.2 Å². The van der Waals surface area contributed by atoms with Gasteiger partial charge in [0.05, 0.1) is 17.9 Å². The van der Waals surface area contributed by atoms with E-state index in [-0.39, 0.29) is 10.7 Å². The van der Waals surface area contributed by atoms with E-state index in [1.807, 2.05) is 32.0 Å². The van der Waals surface area contributed by atoms with Crippen LogP contribution in [0.5, 0.6) is 5.75 Å². The quantitative estimate of drug-likeness (QED) is 0.613. The Balaban J connectivity index is 2.23. The van der Waals surface area contributed by atoms with Gasteiger partial charge in [-0.05, 0) is 50.7 Å². The zero-order chi connectivity index (χ0) is 20.4. The molecule has 0 unspecified atom stereocenters. The lowest BCUT2D eigenvalue weighted by Crippen LogP contribution is -2.35. The number of ether oxygens (including phenoxy) is 1. The molecular formula is C19H24N6O2S. The first-order valence-electron chi connectivity index (χ1n) is 9.15. The molecule has 1 aromatic carbocycles. The minimum Gasteiger partial charge on any atom is -0.493 e. The highest BCUT2D eigenvalue weighted by Crippen LogP contribution is 2.32. The SMILES string of the molecule is CCCOc1ccc(N(CC)C(N)=S)cc1-c1nc2c(c(C)nn2C)c(=O)[nH]1. The van der Waals surface area contributed by atoms with Crippen molar-refractivity contribution in [1.29, 1.82) is 0 Å². The molecule has 2 heterocycles. The summed E-state index contributed by atoms with van der Waals surface area (Å²) in [5, 5.41) is 5.06. The Morgan fingerprint density at radius 3 is 2.79 bits per heavy atom. The average Bonchev–Trinajstić information content (AvgIpc) is 2.95. The number of thiocarbonyl (C=S) groups is 1. The molecule has 148 valence electrons.